The SMILES string of the molecule is COc1ccc2cc3cc(C(=O)N4CCCC[C@@H]4C)sc3nc2c1Cl. The molecule has 1 amide bonds. The third-order valence-electron chi connectivity index (χ3n) is 4.87. The van der Waals surface area contributed by atoms with Crippen LogP contribution in [0.5, 0.6) is 5.75 Å². The van der Waals surface area contributed by atoms with Gasteiger partial charge < -0.3 is 9.64 Å². The van der Waals surface area contributed by atoms with E-state index < -0.39 is 0 Å². The van der Waals surface area contributed by atoms with Crippen LogP contribution in [-0.2, 0) is 0 Å². The average Bonchev–Trinajstić information content (AvgIpc) is 3.03. The first kappa shape index (κ1) is 16.6. The van der Waals surface area contributed by atoms with E-state index >= 15 is 0 Å². The zero-order valence-electron chi connectivity index (χ0n) is 14.2. The van der Waals surface area contributed by atoms with Gasteiger partial charge in [-0.05, 0) is 50.5 Å². The molecule has 0 unspecified atom stereocenters. The molecular weight excluding hydrogens is 356 g/mol. The third-order valence-corrected chi connectivity index (χ3v) is 6.27. The first-order valence-corrected chi connectivity index (χ1v) is 9.65. The van der Waals surface area contributed by atoms with E-state index in [-0.39, 0.29) is 5.91 Å². The Morgan fingerprint density at radius 3 is 2.92 bits per heavy atom. The zero-order valence-corrected chi connectivity index (χ0v) is 15.8. The molecule has 2 aromatic heterocycles. The summed E-state index contributed by atoms with van der Waals surface area (Å²) in [5.74, 6) is 0.721. The van der Waals surface area contributed by atoms with Crippen LogP contribution in [0.15, 0.2) is 24.3 Å². The number of hydrogen-bond acceptors (Lipinski definition) is 4. The summed E-state index contributed by atoms with van der Waals surface area (Å²) in [7, 11) is 1.59. The van der Waals surface area contributed by atoms with Crippen LogP contribution in [0.4, 0.5) is 0 Å². The van der Waals surface area contributed by atoms with Gasteiger partial charge in [0.1, 0.15) is 15.6 Å². The van der Waals surface area contributed by atoms with E-state index in [9.17, 15) is 4.79 Å². The highest BCUT2D eigenvalue weighted by atomic mass is 35.5. The van der Waals surface area contributed by atoms with Gasteiger partial charge in [0.15, 0.2) is 0 Å². The molecule has 1 fully saturated rings. The molecule has 1 atom stereocenters. The van der Waals surface area contributed by atoms with Gasteiger partial charge in [-0.2, -0.15) is 0 Å². The van der Waals surface area contributed by atoms with Crippen molar-refractivity contribution in [3.63, 3.8) is 0 Å². The molecule has 0 radical (unpaired) electrons. The van der Waals surface area contributed by atoms with Crippen LogP contribution in [0.25, 0.3) is 21.1 Å². The Morgan fingerprint density at radius 1 is 1.32 bits per heavy atom. The number of amides is 1. The van der Waals surface area contributed by atoms with Crippen molar-refractivity contribution in [2.45, 2.75) is 32.2 Å². The van der Waals surface area contributed by atoms with Gasteiger partial charge in [0.25, 0.3) is 5.91 Å². The van der Waals surface area contributed by atoms with Crippen LogP contribution in [0, 0.1) is 0 Å². The molecule has 1 aromatic carbocycles. The largest absolute Gasteiger partial charge is 0.495 e. The second-order valence-electron chi connectivity index (χ2n) is 6.49. The number of likely N-dealkylation sites (tertiary alicyclic amines) is 1. The van der Waals surface area contributed by atoms with Gasteiger partial charge in [-0.15, -0.1) is 11.3 Å². The Labute approximate surface area is 155 Å². The number of ether oxygens (including phenoxy) is 1. The fourth-order valence-corrected chi connectivity index (χ4v) is 4.71. The Hall–Kier alpha value is -1.85. The number of halogens is 1. The van der Waals surface area contributed by atoms with Crippen LogP contribution in [0.3, 0.4) is 0 Å². The van der Waals surface area contributed by atoms with Crippen molar-refractivity contribution in [1.82, 2.24) is 9.88 Å². The van der Waals surface area contributed by atoms with Gasteiger partial charge in [-0.1, -0.05) is 11.6 Å². The predicted molar refractivity (Wildman–Crippen MR) is 103 cm³/mol. The molecule has 0 spiro atoms. The molecule has 1 aliphatic rings. The van der Waals surface area contributed by atoms with E-state index in [1.165, 1.54) is 17.8 Å². The van der Waals surface area contributed by atoms with Crippen molar-refractivity contribution in [3.8, 4) is 5.75 Å². The second kappa shape index (κ2) is 6.46. The van der Waals surface area contributed by atoms with Crippen LogP contribution in [0.2, 0.25) is 5.02 Å². The van der Waals surface area contributed by atoms with Gasteiger partial charge in [0.05, 0.1) is 17.5 Å². The molecule has 3 aromatic rings. The maximum atomic E-state index is 12.9. The van der Waals surface area contributed by atoms with Gasteiger partial charge >= 0.3 is 0 Å². The number of methoxy groups -OCH3 is 1. The van der Waals surface area contributed by atoms with Crippen LogP contribution in [0.1, 0.15) is 35.9 Å². The first-order valence-electron chi connectivity index (χ1n) is 8.46. The minimum atomic E-state index is 0.114. The number of nitrogens with zero attached hydrogens (tertiary/aromatic N) is 2. The van der Waals surface area contributed by atoms with E-state index in [4.69, 9.17) is 16.3 Å². The summed E-state index contributed by atoms with van der Waals surface area (Å²) in [6.07, 6.45) is 3.36. The molecule has 4 nitrogen and oxygen atoms in total. The van der Waals surface area contributed by atoms with Crippen molar-refractivity contribution >= 4 is 50.0 Å². The molecule has 4 rings (SSSR count). The lowest BCUT2D eigenvalue weighted by atomic mass is 10.0. The van der Waals surface area contributed by atoms with Crippen molar-refractivity contribution in [2.24, 2.45) is 0 Å². The Kier molecular flexibility index (Phi) is 4.29. The molecule has 0 saturated carbocycles. The average molecular weight is 375 g/mol. The lowest BCUT2D eigenvalue weighted by molar-refractivity contribution is 0.0641. The maximum Gasteiger partial charge on any atom is 0.264 e. The Balaban J connectivity index is 1.78. The van der Waals surface area contributed by atoms with E-state index in [0.717, 1.165) is 39.9 Å². The number of thiophene rings is 1. The van der Waals surface area contributed by atoms with E-state index in [1.807, 2.05) is 29.2 Å². The van der Waals surface area contributed by atoms with Crippen molar-refractivity contribution in [2.75, 3.05) is 13.7 Å². The number of piperidine rings is 1. The first-order chi connectivity index (χ1) is 12.1. The minimum absolute atomic E-state index is 0.114. The van der Waals surface area contributed by atoms with Gasteiger partial charge in [0, 0.05) is 23.4 Å². The number of rotatable bonds is 2. The Morgan fingerprint density at radius 2 is 2.16 bits per heavy atom. The number of benzene rings is 1. The third kappa shape index (κ3) is 2.85. The van der Waals surface area contributed by atoms with E-state index in [2.05, 4.69) is 11.9 Å². The molecule has 0 bridgehead atoms. The molecule has 0 aliphatic carbocycles. The number of hydrogen-bond donors (Lipinski definition) is 0. The summed E-state index contributed by atoms with van der Waals surface area (Å²) in [4.78, 5) is 21.2. The van der Waals surface area contributed by atoms with Crippen LogP contribution < -0.4 is 4.74 Å². The monoisotopic (exact) mass is 374 g/mol. The zero-order chi connectivity index (χ0) is 17.6. The Bertz CT molecular complexity index is 969. The second-order valence-corrected chi connectivity index (χ2v) is 7.90. The van der Waals surface area contributed by atoms with Crippen molar-refractivity contribution < 1.29 is 9.53 Å². The van der Waals surface area contributed by atoms with E-state index in [1.54, 1.807) is 7.11 Å². The summed E-state index contributed by atoms with van der Waals surface area (Å²) < 4.78 is 5.27. The summed E-state index contributed by atoms with van der Waals surface area (Å²) in [6, 6.07) is 8.08. The van der Waals surface area contributed by atoms with Crippen LogP contribution in [-0.4, -0.2) is 35.5 Å². The summed E-state index contributed by atoms with van der Waals surface area (Å²) in [5, 5.41) is 2.43. The molecule has 130 valence electrons. The van der Waals surface area contributed by atoms with Crippen molar-refractivity contribution in [3.05, 3.63) is 34.2 Å². The topological polar surface area (TPSA) is 42.4 Å². The molecular formula is C19H19ClN2O2S. The molecule has 1 aliphatic heterocycles. The molecule has 25 heavy (non-hydrogen) atoms. The minimum Gasteiger partial charge on any atom is -0.495 e. The number of carbonyl (C=O) groups is 1. The fourth-order valence-electron chi connectivity index (χ4n) is 3.45. The van der Waals surface area contributed by atoms with Crippen LogP contribution >= 0.6 is 22.9 Å². The molecule has 3 heterocycles. The fraction of sp³-hybridized carbons (Fsp3) is 0.368. The highest BCUT2D eigenvalue weighted by Gasteiger charge is 2.25. The lowest BCUT2D eigenvalue weighted by Gasteiger charge is -2.33. The lowest BCUT2D eigenvalue weighted by Crippen LogP contribution is -2.41. The summed E-state index contributed by atoms with van der Waals surface area (Å²) >= 11 is 7.83. The highest BCUT2D eigenvalue weighted by Crippen LogP contribution is 2.35. The van der Waals surface area contributed by atoms with E-state index in [0.29, 0.717) is 22.3 Å². The predicted octanol–water partition coefficient (Wildman–Crippen LogP) is 5.13. The summed E-state index contributed by atoms with van der Waals surface area (Å²) in [6.45, 7) is 2.97. The molecule has 6 heteroatoms. The van der Waals surface area contributed by atoms with Crippen molar-refractivity contribution in [1.29, 1.82) is 0 Å². The smallest absolute Gasteiger partial charge is 0.264 e. The number of fused-ring (bicyclic) bond motifs is 2. The maximum absolute atomic E-state index is 12.9. The molecule has 0 N–H and O–H groups in total. The number of carbonyl (C=O) groups excluding carboxylic acids is 1. The highest BCUT2D eigenvalue weighted by molar-refractivity contribution is 7.20. The number of aromatic nitrogens is 1. The molecule has 1 saturated heterocycles. The van der Waals surface area contributed by atoms with Gasteiger partial charge in [-0.25, -0.2) is 4.98 Å². The standard InChI is InChI=1S/C19H19ClN2O2S/c1-11-5-3-4-8-22(11)19(23)15-10-13-9-12-6-7-14(24-2)16(20)17(12)21-18(13)25-15/h6-7,9-11H,3-5,8H2,1-2H3/t11-/m0/s1. The summed E-state index contributed by atoms with van der Waals surface area (Å²) in [5.41, 5.74) is 0.709. The normalized spacial score (nSPS) is 18.0. The quantitative estimate of drug-likeness (QED) is 0.624. The van der Waals surface area contributed by atoms with Gasteiger partial charge in [-0.3, -0.25) is 4.79 Å². The number of pyridine rings is 1. The van der Waals surface area contributed by atoms with Gasteiger partial charge in [0.2, 0.25) is 0 Å².